The number of benzene rings is 2. The first-order valence-electron chi connectivity index (χ1n) is 10.1. The van der Waals surface area contributed by atoms with Crippen LogP contribution in [-0.2, 0) is 6.54 Å². The molecule has 0 aromatic heterocycles. The summed E-state index contributed by atoms with van der Waals surface area (Å²) >= 11 is 0. The highest BCUT2D eigenvalue weighted by atomic mass is 16.3. The maximum Gasteiger partial charge on any atom is 0.251 e. The van der Waals surface area contributed by atoms with Gasteiger partial charge in [0.1, 0.15) is 24.9 Å². The fourth-order valence-corrected chi connectivity index (χ4v) is 4.19. The second-order valence-electron chi connectivity index (χ2n) is 7.98. The molecule has 1 fully saturated rings. The van der Waals surface area contributed by atoms with Gasteiger partial charge in [0, 0.05) is 23.2 Å². The summed E-state index contributed by atoms with van der Waals surface area (Å²) in [5, 5.41) is 46.9. The topological polar surface area (TPSA) is 125 Å². The molecule has 6 N–H and O–H groups in total. The third-order valence-electron chi connectivity index (χ3n) is 5.89. The molecule has 2 heterocycles. The Bertz CT molecular complexity index is 919. The zero-order chi connectivity index (χ0) is 21.4. The lowest BCUT2D eigenvalue weighted by atomic mass is 10.0. The number of hydrogen-bond acceptors (Lipinski definition) is 7. The molecule has 2 aliphatic heterocycles. The van der Waals surface area contributed by atoms with Crippen LogP contribution < -0.4 is 10.6 Å². The van der Waals surface area contributed by atoms with Gasteiger partial charge in [-0.1, -0.05) is 29.8 Å². The van der Waals surface area contributed by atoms with Gasteiger partial charge in [0.25, 0.3) is 5.91 Å². The van der Waals surface area contributed by atoms with Crippen molar-refractivity contribution in [3.8, 4) is 0 Å². The van der Waals surface area contributed by atoms with Gasteiger partial charge in [0.2, 0.25) is 0 Å². The summed E-state index contributed by atoms with van der Waals surface area (Å²) in [5.74, 6) is -0.187. The number of nitrogens with zero attached hydrogens (tertiary/aromatic N) is 1. The maximum atomic E-state index is 12.3. The first-order chi connectivity index (χ1) is 14.3. The van der Waals surface area contributed by atoms with Crippen molar-refractivity contribution in [2.24, 2.45) is 0 Å². The van der Waals surface area contributed by atoms with Crippen molar-refractivity contribution < 1.29 is 25.2 Å². The molecular weight excluding hydrogens is 386 g/mol. The second-order valence-corrected chi connectivity index (χ2v) is 7.98. The summed E-state index contributed by atoms with van der Waals surface area (Å²) in [5.41, 5.74) is 3.55. The summed E-state index contributed by atoms with van der Waals surface area (Å²) in [6.07, 6.45) is -3.21. The first-order valence-corrected chi connectivity index (χ1v) is 10.1. The van der Waals surface area contributed by atoms with E-state index in [1.165, 1.54) is 4.90 Å². The number of aliphatic hydroxyl groups is 4. The number of carbonyl (C=O) groups excluding carboxylic acids is 1. The molecule has 0 bridgehead atoms. The highest BCUT2D eigenvalue weighted by Gasteiger charge is 2.44. The third-order valence-corrected chi connectivity index (χ3v) is 5.89. The molecule has 4 rings (SSSR count). The Kier molecular flexibility index (Phi) is 5.88. The average molecular weight is 413 g/mol. The van der Waals surface area contributed by atoms with Crippen LogP contribution in [0.15, 0.2) is 42.5 Å². The van der Waals surface area contributed by atoms with Crippen LogP contribution in [0, 0.1) is 6.92 Å². The maximum absolute atomic E-state index is 12.3. The van der Waals surface area contributed by atoms with Crippen molar-refractivity contribution in [3.05, 3.63) is 70.3 Å². The van der Waals surface area contributed by atoms with Crippen LogP contribution in [0.1, 0.15) is 57.9 Å². The number of hydrogen-bond donors (Lipinski definition) is 6. The summed E-state index contributed by atoms with van der Waals surface area (Å²) in [4.78, 5) is 13.8. The third kappa shape index (κ3) is 3.98. The zero-order valence-corrected chi connectivity index (χ0v) is 16.7. The van der Waals surface area contributed by atoms with Gasteiger partial charge < -0.3 is 25.7 Å². The van der Waals surface area contributed by atoms with E-state index in [9.17, 15) is 25.2 Å². The SMILES string of the molecule is Cc1ccc(C(=O)NCc2ccc3c(c2)C(O)N(C2CCC(O)NC2O)C3O)cc1. The van der Waals surface area contributed by atoms with E-state index in [4.69, 9.17) is 0 Å². The van der Waals surface area contributed by atoms with E-state index in [2.05, 4.69) is 10.6 Å². The van der Waals surface area contributed by atoms with E-state index in [0.29, 0.717) is 29.5 Å². The van der Waals surface area contributed by atoms with Gasteiger partial charge in [-0.2, -0.15) is 0 Å². The van der Waals surface area contributed by atoms with Gasteiger partial charge in [0.15, 0.2) is 0 Å². The molecule has 0 spiro atoms. The van der Waals surface area contributed by atoms with E-state index < -0.39 is 31.0 Å². The van der Waals surface area contributed by atoms with Gasteiger partial charge in [0.05, 0.1) is 6.04 Å². The van der Waals surface area contributed by atoms with Gasteiger partial charge >= 0.3 is 0 Å². The van der Waals surface area contributed by atoms with Crippen LogP contribution in [0.3, 0.4) is 0 Å². The Hall–Kier alpha value is -2.33. The minimum atomic E-state index is -1.10. The van der Waals surface area contributed by atoms with Crippen LogP contribution in [0.5, 0.6) is 0 Å². The molecule has 2 aromatic rings. The van der Waals surface area contributed by atoms with E-state index in [-0.39, 0.29) is 12.5 Å². The predicted molar refractivity (Wildman–Crippen MR) is 109 cm³/mol. The fourth-order valence-electron chi connectivity index (χ4n) is 4.19. The van der Waals surface area contributed by atoms with Crippen molar-refractivity contribution in [2.45, 2.75) is 57.3 Å². The fraction of sp³-hybridized carbons (Fsp3) is 0.409. The molecule has 8 nitrogen and oxygen atoms in total. The molecule has 1 saturated heterocycles. The quantitative estimate of drug-likeness (QED) is 0.434. The molecular formula is C22H27N3O5. The molecule has 8 heteroatoms. The van der Waals surface area contributed by atoms with Crippen LogP contribution in [-0.4, -0.2) is 49.7 Å². The minimum Gasteiger partial charge on any atom is -0.379 e. The molecule has 0 saturated carbocycles. The number of aryl methyl sites for hydroxylation is 1. The highest BCUT2D eigenvalue weighted by molar-refractivity contribution is 5.94. The Morgan fingerprint density at radius 1 is 1.03 bits per heavy atom. The first kappa shape index (κ1) is 20.9. The number of piperidine rings is 1. The number of fused-ring (bicyclic) bond motifs is 1. The van der Waals surface area contributed by atoms with Crippen molar-refractivity contribution in [1.82, 2.24) is 15.5 Å². The number of rotatable bonds is 4. The zero-order valence-electron chi connectivity index (χ0n) is 16.7. The van der Waals surface area contributed by atoms with Crippen molar-refractivity contribution in [1.29, 1.82) is 0 Å². The van der Waals surface area contributed by atoms with Gasteiger partial charge in [-0.05, 0) is 43.5 Å². The number of amides is 1. The Morgan fingerprint density at radius 3 is 2.43 bits per heavy atom. The van der Waals surface area contributed by atoms with Crippen molar-refractivity contribution in [3.63, 3.8) is 0 Å². The van der Waals surface area contributed by atoms with Crippen molar-refractivity contribution in [2.75, 3.05) is 0 Å². The standard InChI is InChI=1S/C22H27N3O5/c1-12-2-5-14(6-3-12)19(27)23-11-13-4-7-15-16(10-13)22(30)25(21(15)29)17-8-9-18(26)24-20(17)28/h2-7,10,17-18,20-22,24,26,28-30H,8-9,11H2,1H3,(H,23,27). The molecule has 2 aromatic carbocycles. The Morgan fingerprint density at radius 2 is 1.73 bits per heavy atom. The van der Waals surface area contributed by atoms with E-state index in [1.807, 2.05) is 19.1 Å². The van der Waals surface area contributed by atoms with Crippen LogP contribution in [0.4, 0.5) is 0 Å². The molecule has 160 valence electrons. The summed E-state index contributed by atoms with van der Waals surface area (Å²) in [7, 11) is 0. The number of nitrogens with one attached hydrogen (secondary N) is 2. The lowest BCUT2D eigenvalue weighted by Crippen LogP contribution is -2.57. The lowest BCUT2D eigenvalue weighted by Gasteiger charge is -2.40. The van der Waals surface area contributed by atoms with E-state index >= 15 is 0 Å². The molecule has 0 radical (unpaired) electrons. The van der Waals surface area contributed by atoms with Gasteiger partial charge in [-0.25, -0.2) is 4.90 Å². The number of aliphatic hydroxyl groups excluding tert-OH is 4. The molecule has 5 atom stereocenters. The average Bonchev–Trinajstić information content (AvgIpc) is 2.97. The molecule has 2 aliphatic rings. The smallest absolute Gasteiger partial charge is 0.251 e. The summed E-state index contributed by atoms with van der Waals surface area (Å²) in [6.45, 7) is 2.24. The number of carbonyl (C=O) groups is 1. The molecule has 30 heavy (non-hydrogen) atoms. The lowest BCUT2D eigenvalue weighted by molar-refractivity contribution is -0.159. The largest absolute Gasteiger partial charge is 0.379 e. The van der Waals surface area contributed by atoms with Crippen LogP contribution in [0.25, 0.3) is 0 Å². The molecule has 0 aliphatic carbocycles. The van der Waals surface area contributed by atoms with E-state index in [1.54, 1.807) is 30.3 Å². The minimum absolute atomic E-state index is 0.187. The van der Waals surface area contributed by atoms with Crippen LogP contribution in [0.2, 0.25) is 0 Å². The van der Waals surface area contributed by atoms with Crippen molar-refractivity contribution >= 4 is 5.91 Å². The van der Waals surface area contributed by atoms with Gasteiger partial charge in [-0.15, -0.1) is 0 Å². The van der Waals surface area contributed by atoms with Crippen LogP contribution >= 0.6 is 0 Å². The summed E-state index contributed by atoms with van der Waals surface area (Å²) in [6, 6.07) is 12.0. The second kappa shape index (κ2) is 8.43. The van der Waals surface area contributed by atoms with E-state index in [0.717, 1.165) is 11.1 Å². The summed E-state index contributed by atoms with van der Waals surface area (Å²) < 4.78 is 0. The van der Waals surface area contributed by atoms with Gasteiger partial charge in [-0.3, -0.25) is 10.1 Å². The normalized spacial score (nSPS) is 28.9. The highest BCUT2D eigenvalue weighted by Crippen LogP contribution is 2.42. The molecule has 5 unspecified atom stereocenters. The predicted octanol–water partition coefficient (Wildman–Crippen LogP) is 0.611. The Balaban J connectivity index is 1.46. The molecule has 1 amide bonds. The monoisotopic (exact) mass is 413 g/mol. The Labute approximate surface area is 174 Å².